The number of thioether (sulfide) groups is 1. The Kier molecular flexibility index (Phi) is 14.3. The molecule has 4 aliphatic heterocycles. The quantitative estimate of drug-likeness (QED) is 0.0964. The number of fused-ring (bicyclic) bond motifs is 4. The van der Waals surface area contributed by atoms with Crippen LogP contribution in [0.2, 0.25) is 0 Å². The van der Waals surface area contributed by atoms with Crippen LogP contribution in [0, 0.1) is 0 Å². The van der Waals surface area contributed by atoms with Crippen molar-refractivity contribution >= 4 is 46.9 Å². The predicted octanol–water partition coefficient (Wildman–Crippen LogP) is 6.90. The van der Waals surface area contributed by atoms with E-state index < -0.39 is 0 Å². The van der Waals surface area contributed by atoms with Gasteiger partial charge in [0.25, 0.3) is 11.8 Å². The molecule has 326 valence electrons. The largest absolute Gasteiger partial charge is 0.493 e. The lowest BCUT2D eigenvalue weighted by Crippen LogP contribution is -2.39. The molecule has 2 atom stereocenters. The molecule has 61 heavy (non-hydrogen) atoms. The molecule has 0 radical (unpaired) electrons. The number of aliphatic hydroxyl groups is 1. The van der Waals surface area contributed by atoms with E-state index in [1.807, 2.05) is 36.2 Å². The molecule has 14 heteroatoms. The van der Waals surface area contributed by atoms with Crippen LogP contribution >= 0.6 is 11.8 Å². The lowest BCUT2D eigenvalue weighted by Gasteiger charge is -2.33. The molecule has 4 heterocycles. The van der Waals surface area contributed by atoms with E-state index in [-0.39, 0.29) is 55.1 Å². The van der Waals surface area contributed by atoms with Gasteiger partial charge in [-0.1, -0.05) is 23.8 Å². The van der Waals surface area contributed by atoms with Gasteiger partial charge in [0, 0.05) is 61.5 Å². The smallest absolute Gasteiger partial charge is 0.257 e. The third-order valence-electron chi connectivity index (χ3n) is 11.6. The van der Waals surface area contributed by atoms with Gasteiger partial charge in [0.05, 0.1) is 74.7 Å². The molecule has 7 rings (SSSR count). The van der Waals surface area contributed by atoms with Gasteiger partial charge in [-0.15, -0.1) is 0 Å². The van der Waals surface area contributed by atoms with Gasteiger partial charge < -0.3 is 48.8 Å². The summed E-state index contributed by atoms with van der Waals surface area (Å²) in [7, 11) is 1.57. The summed E-state index contributed by atoms with van der Waals surface area (Å²) in [5.41, 5.74) is 7.57. The minimum Gasteiger partial charge on any atom is -0.493 e. The topological polar surface area (TPSA) is 135 Å². The number of ether oxygens (including phenoxy) is 5. The van der Waals surface area contributed by atoms with Crippen molar-refractivity contribution in [2.45, 2.75) is 63.7 Å². The van der Waals surface area contributed by atoms with Crippen molar-refractivity contribution in [3.05, 3.63) is 94.6 Å². The van der Waals surface area contributed by atoms with Crippen molar-refractivity contribution in [1.29, 1.82) is 0 Å². The SMILES string of the molecule is C=C1C[C@H]2C=Nc3cc(OCc4cc(COc5ccc6c(c5)NC[C@@H]5C/C(=C/C)CN5C6=O)cc(N(CCOCCOCCO)CC(C)(C)SC)c4)c(OC)cc3C(=O)N2C1. The highest BCUT2D eigenvalue weighted by Crippen LogP contribution is 2.39. The van der Waals surface area contributed by atoms with Crippen LogP contribution in [0.1, 0.15) is 65.5 Å². The first-order valence-electron chi connectivity index (χ1n) is 21.0. The maximum atomic E-state index is 13.6. The maximum absolute atomic E-state index is 13.6. The molecule has 0 aliphatic carbocycles. The number of nitrogens with one attached hydrogen (secondary N) is 1. The second kappa shape index (κ2) is 19.8. The summed E-state index contributed by atoms with van der Waals surface area (Å²) in [5.74, 6) is 1.52. The van der Waals surface area contributed by atoms with Crippen LogP contribution in [0.25, 0.3) is 0 Å². The number of hydrogen-bond acceptors (Lipinski definition) is 12. The number of methoxy groups -OCH3 is 1. The van der Waals surface area contributed by atoms with E-state index in [2.05, 4.69) is 61.2 Å². The average molecular weight is 854 g/mol. The highest BCUT2D eigenvalue weighted by molar-refractivity contribution is 7.99. The van der Waals surface area contributed by atoms with Crippen molar-refractivity contribution in [2.24, 2.45) is 4.99 Å². The first-order valence-corrected chi connectivity index (χ1v) is 22.2. The van der Waals surface area contributed by atoms with Crippen molar-refractivity contribution in [1.82, 2.24) is 9.80 Å². The Balaban J connectivity index is 1.14. The summed E-state index contributed by atoms with van der Waals surface area (Å²) < 4.78 is 30.0. The Morgan fingerprint density at radius 2 is 1.69 bits per heavy atom. The fraction of sp³-hybridized carbons (Fsp3) is 0.468. The molecule has 0 spiro atoms. The van der Waals surface area contributed by atoms with Crippen LogP contribution < -0.4 is 24.4 Å². The summed E-state index contributed by atoms with van der Waals surface area (Å²) in [4.78, 5) is 38.0. The van der Waals surface area contributed by atoms with Gasteiger partial charge in [0.1, 0.15) is 19.0 Å². The van der Waals surface area contributed by atoms with E-state index >= 15 is 0 Å². The van der Waals surface area contributed by atoms with Crippen molar-refractivity contribution in [3.8, 4) is 17.2 Å². The summed E-state index contributed by atoms with van der Waals surface area (Å²) in [6, 6.07) is 15.5. The number of carbonyl (C=O) groups is 2. The van der Waals surface area contributed by atoms with Gasteiger partial charge >= 0.3 is 0 Å². The van der Waals surface area contributed by atoms with Crippen LogP contribution in [0.3, 0.4) is 0 Å². The highest BCUT2D eigenvalue weighted by Gasteiger charge is 2.36. The van der Waals surface area contributed by atoms with E-state index in [1.54, 1.807) is 35.9 Å². The number of amides is 2. The Labute approximate surface area is 363 Å². The predicted molar refractivity (Wildman–Crippen MR) is 241 cm³/mol. The first-order chi connectivity index (χ1) is 29.5. The lowest BCUT2D eigenvalue weighted by molar-refractivity contribution is 0.0351. The molecule has 13 nitrogen and oxygen atoms in total. The summed E-state index contributed by atoms with van der Waals surface area (Å²) >= 11 is 1.80. The minimum atomic E-state index is -0.121. The standard InChI is InChI=1S/C47H59N5O8S/c1-7-32-18-37-25-48-41-21-38(8-9-39(41)45(54)52(37)27-32)59-28-33-17-34(20-35(19-33)50(30-47(3,4)61-6)10-12-57-14-15-58-13-11-53)29-60-44-23-42-40(22-43(44)56-5)46(55)51-26-31(2)16-36(51)24-49-42/h7-9,17,19-24,36-37,48,53H,2,10-16,18,25-30H2,1,3-6H3/b32-7-/t36-,37-/m0/s1. The van der Waals surface area contributed by atoms with Crippen LogP contribution in [-0.4, -0.2) is 129 Å². The van der Waals surface area contributed by atoms with E-state index in [0.717, 1.165) is 41.0 Å². The molecule has 4 aliphatic rings. The Morgan fingerprint density at radius 1 is 0.934 bits per heavy atom. The van der Waals surface area contributed by atoms with Gasteiger partial charge in [-0.2, -0.15) is 11.8 Å². The number of hydrogen-bond donors (Lipinski definition) is 2. The minimum absolute atomic E-state index is 0.0213. The van der Waals surface area contributed by atoms with Gasteiger partial charge in [-0.05, 0) is 87.4 Å². The van der Waals surface area contributed by atoms with E-state index in [4.69, 9.17) is 33.8 Å². The fourth-order valence-corrected chi connectivity index (χ4v) is 8.48. The summed E-state index contributed by atoms with van der Waals surface area (Å²) in [5, 5.41) is 12.6. The number of aliphatic imine (C=N–C) groups is 1. The molecule has 0 unspecified atom stereocenters. The molecule has 2 saturated heterocycles. The molecular formula is C47H59N5O8S. The zero-order valence-corrected chi connectivity index (χ0v) is 36.9. The zero-order valence-electron chi connectivity index (χ0n) is 36.0. The molecule has 2 fully saturated rings. The molecule has 0 saturated carbocycles. The molecule has 3 aromatic carbocycles. The number of nitrogens with zero attached hydrogens (tertiary/aromatic N) is 4. The number of carbonyl (C=O) groups excluding carboxylic acids is 2. The zero-order chi connectivity index (χ0) is 43.1. The highest BCUT2D eigenvalue weighted by atomic mass is 32.2. The molecule has 3 aromatic rings. The Hall–Kier alpha value is -5.02. The summed E-state index contributed by atoms with van der Waals surface area (Å²) in [6.45, 7) is 15.9. The van der Waals surface area contributed by atoms with Gasteiger partial charge in [0.2, 0.25) is 0 Å². The van der Waals surface area contributed by atoms with Gasteiger partial charge in [-0.25, -0.2) is 0 Å². The van der Waals surface area contributed by atoms with E-state index in [1.165, 1.54) is 5.57 Å². The second-order valence-corrected chi connectivity index (χ2v) is 18.0. The average Bonchev–Trinajstić information content (AvgIpc) is 3.80. The molecule has 2 amide bonds. The normalized spacial score (nSPS) is 18.9. The van der Waals surface area contributed by atoms with Crippen molar-refractivity contribution in [2.75, 3.05) is 89.3 Å². The van der Waals surface area contributed by atoms with Crippen LogP contribution in [0.5, 0.6) is 17.2 Å². The van der Waals surface area contributed by atoms with Crippen LogP contribution in [-0.2, 0) is 22.7 Å². The molecular weight excluding hydrogens is 795 g/mol. The second-order valence-electron chi connectivity index (χ2n) is 16.5. The Morgan fingerprint density at radius 3 is 2.43 bits per heavy atom. The molecule has 2 N–H and O–H groups in total. The van der Waals surface area contributed by atoms with E-state index in [9.17, 15) is 9.59 Å². The van der Waals surface area contributed by atoms with E-state index in [0.29, 0.717) is 86.5 Å². The fourth-order valence-electron chi connectivity index (χ4n) is 8.19. The number of allylic oxidation sites excluding steroid dienone is 1. The number of benzene rings is 3. The van der Waals surface area contributed by atoms with Gasteiger partial charge in [-0.3, -0.25) is 14.6 Å². The monoisotopic (exact) mass is 853 g/mol. The third-order valence-corrected chi connectivity index (χ3v) is 12.9. The number of rotatable bonds is 19. The molecule has 0 aromatic heterocycles. The lowest BCUT2D eigenvalue weighted by atomic mass is 10.1. The van der Waals surface area contributed by atoms with Crippen LogP contribution in [0.4, 0.5) is 17.1 Å². The van der Waals surface area contributed by atoms with Crippen LogP contribution in [0.15, 0.2) is 77.3 Å². The van der Waals surface area contributed by atoms with Gasteiger partial charge in [0.15, 0.2) is 11.5 Å². The molecule has 0 bridgehead atoms. The first kappa shape index (κ1) is 44.0. The summed E-state index contributed by atoms with van der Waals surface area (Å²) in [6.07, 6.45) is 7.64. The maximum Gasteiger partial charge on any atom is 0.257 e. The number of aliphatic hydroxyl groups excluding tert-OH is 1. The third kappa shape index (κ3) is 10.5. The Bertz CT molecular complexity index is 2160. The number of anilines is 2. The van der Waals surface area contributed by atoms with Crippen molar-refractivity contribution < 1.29 is 38.4 Å². The van der Waals surface area contributed by atoms with Crippen molar-refractivity contribution in [3.63, 3.8) is 0 Å².